The van der Waals surface area contributed by atoms with Crippen molar-refractivity contribution in [1.29, 1.82) is 0 Å². The lowest BCUT2D eigenvalue weighted by Gasteiger charge is -2.09. The van der Waals surface area contributed by atoms with Crippen LogP contribution in [-0.4, -0.2) is 15.0 Å². The minimum atomic E-state index is 0.605. The quantitative estimate of drug-likeness (QED) is 0.698. The summed E-state index contributed by atoms with van der Waals surface area (Å²) in [6.07, 6.45) is 6.99. The van der Waals surface area contributed by atoms with Crippen molar-refractivity contribution in [3.8, 4) is 0 Å². The molecule has 13 heavy (non-hydrogen) atoms. The first kappa shape index (κ1) is 10.2. The molecule has 3 nitrogen and oxygen atoms in total. The Morgan fingerprint density at radius 2 is 2.23 bits per heavy atom. The Morgan fingerprint density at radius 3 is 2.69 bits per heavy atom. The van der Waals surface area contributed by atoms with E-state index in [-0.39, 0.29) is 0 Å². The maximum absolute atomic E-state index is 4.15. The maximum atomic E-state index is 4.15. The molecule has 0 aromatic carbocycles. The summed E-state index contributed by atoms with van der Waals surface area (Å²) in [4.78, 5) is 0. The van der Waals surface area contributed by atoms with E-state index in [1.54, 1.807) is 4.68 Å². The van der Waals surface area contributed by atoms with E-state index in [9.17, 15) is 0 Å². The predicted molar refractivity (Wildman–Crippen MR) is 53.6 cm³/mol. The van der Waals surface area contributed by atoms with Crippen LogP contribution >= 0.6 is 0 Å². The van der Waals surface area contributed by atoms with Gasteiger partial charge in [-0.05, 0) is 12.8 Å². The van der Waals surface area contributed by atoms with Crippen molar-refractivity contribution < 1.29 is 0 Å². The minimum Gasteiger partial charge on any atom is -0.255 e. The van der Waals surface area contributed by atoms with Crippen LogP contribution in [0.1, 0.15) is 51.1 Å². The molecule has 0 aliphatic heterocycles. The number of rotatable bonds is 5. The fraction of sp³-hybridized carbons (Fsp3) is 0.800. The van der Waals surface area contributed by atoms with Gasteiger partial charge in [0, 0.05) is 19.2 Å². The average Bonchev–Trinajstić information content (AvgIpc) is 2.54. The van der Waals surface area contributed by atoms with E-state index in [1.165, 1.54) is 25.7 Å². The van der Waals surface area contributed by atoms with Crippen molar-refractivity contribution in [2.24, 2.45) is 7.05 Å². The Balaban J connectivity index is 2.56. The van der Waals surface area contributed by atoms with Gasteiger partial charge < -0.3 is 0 Å². The highest BCUT2D eigenvalue weighted by Crippen LogP contribution is 2.22. The fourth-order valence-corrected chi connectivity index (χ4v) is 1.56. The van der Waals surface area contributed by atoms with Crippen molar-refractivity contribution in [3.05, 3.63) is 11.9 Å². The third-order valence-electron chi connectivity index (χ3n) is 2.44. The van der Waals surface area contributed by atoms with Gasteiger partial charge in [0.05, 0.1) is 5.69 Å². The maximum Gasteiger partial charge on any atom is 0.0857 e. The first-order chi connectivity index (χ1) is 6.27. The van der Waals surface area contributed by atoms with Gasteiger partial charge in [0.2, 0.25) is 0 Å². The normalized spacial score (nSPS) is 13.2. The van der Waals surface area contributed by atoms with Crippen LogP contribution in [0, 0.1) is 0 Å². The summed E-state index contributed by atoms with van der Waals surface area (Å²) in [5.41, 5.74) is 1.15. The van der Waals surface area contributed by atoms with E-state index in [0.717, 1.165) is 5.69 Å². The third kappa shape index (κ3) is 2.83. The zero-order chi connectivity index (χ0) is 9.68. The van der Waals surface area contributed by atoms with Gasteiger partial charge in [-0.1, -0.05) is 31.9 Å². The summed E-state index contributed by atoms with van der Waals surface area (Å²) in [6.45, 7) is 4.44. The zero-order valence-corrected chi connectivity index (χ0v) is 8.82. The van der Waals surface area contributed by atoms with Crippen molar-refractivity contribution in [2.75, 3.05) is 0 Å². The second kappa shape index (κ2) is 5.00. The molecular weight excluding hydrogens is 162 g/mol. The van der Waals surface area contributed by atoms with E-state index in [0.29, 0.717) is 5.92 Å². The molecular formula is C10H19N3. The summed E-state index contributed by atoms with van der Waals surface area (Å²) in [6, 6.07) is 0. The number of hydrogen-bond acceptors (Lipinski definition) is 2. The van der Waals surface area contributed by atoms with Crippen LogP contribution in [0.3, 0.4) is 0 Å². The van der Waals surface area contributed by atoms with Gasteiger partial charge in [0.25, 0.3) is 0 Å². The van der Waals surface area contributed by atoms with E-state index < -0.39 is 0 Å². The molecule has 74 valence electrons. The number of unbranched alkanes of at least 4 members (excludes halogenated alkanes) is 1. The third-order valence-corrected chi connectivity index (χ3v) is 2.44. The van der Waals surface area contributed by atoms with Crippen molar-refractivity contribution in [3.63, 3.8) is 0 Å². The van der Waals surface area contributed by atoms with Gasteiger partial charge in [-0.15, -0.1) is 5.10 Å². The molecule has 1 unspecified atom stereocenters. The lowest BCUT2D eigenvalue weighted by Crippen LogP contribution is -1.97. The summed E-state index contributed by atoms with van der Waals surface area (Å²) >= 11 is 0. The van der Waals surface area contributed by atoms with E-state index >= 15 is 0 Å². The van der Waals surface area contributed by atoms with Crippen molar-refractivity contribution >= 4 is 0 Å². The second-order valence-corrected chi connectivity index (χ2v) is 3.56. The molecule has 0 bridgehead atoms. The van der Waals surface area contributed by atoms with Crippen molar-refractivity contribution in [1.82, 2.24) is 15.0 Å². The largest absolute Gasteiger partial charge is 0.255 e. The highest BCUT2D eigenvalue weighted by atomic mass is 15.4. The molecule has 0 aliphatic carbocycles. The van der Waals surface area contributed by atoms with Crippen molar-refractivity contribution in [2.45, 2.75) is 45.4 Å². The number of hydrogen-bond donors (Lipinski definition) is 0. The molecule has 0 radical (unpaired) electrons. The van der Waals surface area contributed by atoms with Crippen LogP contribution in [-0.2, 0) is 7.05 Å². The minimum absolute atomic E-state index is 0.605. The number of aromatic nitrogens is 3. The van der Waals surface area contributed by atoms with Crippen LogP contribution < -0.4 is 0 Å². The average molecular weight is 181 g/mol. The van der Waals surface area contributed by atoms with Crippen LogP contribution in [0.4, 0.5) is 0 Å². The Bertz CT molecular complexity index is 242. The van der Waals surface area contributed by atoms with Crippen LogP contribution in [0.2, 0.25) is 0 Å². The molecule has 1 aromatic rings. The fourth-order valence-electron chi connectivity index (χ4n) is 1.56. The van der Waals surface area contributed by atoms with Gasteiger partial charge in [-0.25, -0.2) is 0 Å². The lowest BCUT2D eigenvalue weighted by molar-refractivity contribution is 0.556. The molecule has 0 saturated heterocycles. The first-order valence-corrected chi connectivity index (χ1v) is 5.14. The number of aryl methyl sites for hydroxylation is 1. The van der Waals surface area contributed by atoms with Gasteiger partial charge in [0.1, 0.15) is 0 Å². The van der Waals surface area contributed by atoms with E-state index in [1.807, 2.05) is 13.2 Å². The lowest BCUT2D eigenvalue weighted by atomic mass is 9.96. The Kier molecular flexibility index (Phi) is 3.93. The zero-order valence-electron chi connectivity index (χ0n) is 8.82. The Morgan fingerprint density at radius 1 is 1.46 bits per heavy atom. The Hall–Kier alpha value is -0.860. The molecule has 1 atom stereocenters. The summed E-state index contributed by atoms with van der Waals surface area (Å²) in [5.74, 6) is 0.605. The van der Waals surface area contributed by atoms with Gasteiger partial charge in [-0.2, -0.15) is 0 Å². The molecule has 3 heteroatoms. The molecule has 0 aliphatic rings. The highest BCUT2D eigenvalue weighted by Gasteiger charge is 2.11. The Labute approximate surface area is 80.1 Å². The van der Waals surface area contributed by atoms with Crippen LogP contribution in [0.15, 0.2) is 6.20 Å². The van der Waals surface area contributed by atoms with Crippen LogP contribution in [0.5, 0.6) is 0 Å². The standard InChI is InChI=1S/C10H19N3/c1-4-6-7-9(5-2)10-8-13(3)12-11-10/h8-9H,4-7H2,1-3H3. The number of nitrogens with zero attached hydrogens (tertiary/aromatic N) is 3. The second-order valence-electron chi connectivity index (χ2n) is 3.56. The highest BCUT2D eigenvalue weighted by molar-refractivity contribution is 5.00. The topological polar surface area (TPSA) is 30.7 Å². The molecule has 0 N–H and O–H groups in total. The molecule has 1 heterocycles. The summed E-state index contributed by atoms with van der Waals surface area (Å²) in [7, 11) is 1.92. The summed E-state index contributed by atoms with van der Waals surface area (Å²) in [5, 5.41) is 8.11. The molecule has 0 spiro atoms. The molecule has 0 amide bonds. The molecule has 1 rings (SSSR count). The molecule has 0 saturated carbocycles. The van der Waals surface area contributed by atoms with Crippen LogP contribution in [0.25, 0.3) is 0 Å². The van der Waals surface area contributed by atoms with Gasteiger partial charge in [-0.3, -0.25) is 4.68 Å². The van der Waals surface area contributed by atoms with E-state index in [2.05, 4.69) is 24.2 Å². The predicted octanol–water partition coefficient (Wildman–Crippen LogP) is 2.50. The SMILES string of the molecule is CCCCC(CC)c1cn(C)nn1. The molecule has 0 fully saturated rings. The van der Waals surface area contributed by atoms with Gasteiger partial charge in [0.15, 0.2) is 0 Å². The monoisotopic (exact) mass is 181 g/mol. The van der Waals surface area contributed by atoms with E-state index in [4.69, 9.17) is 0 Å². The summed E-state index contributed by atoms with van der Waals surface area (Å²) < 4.78 is 1.78. The van der Waals surface area contributed by atoms with Gasteiger partial charge >= 0.3 is 0 Å². The first-order valence-electron chi connectivity index (χ1n) is 5.14. The smallest absolute Gasteiger partial charge is 0.0857 e. The molecule has 1 aromatic heterocycles.